The van der Waals surface area contributed by atoms with E-state index in [2.05, 4.69) is 43.4 Å². The summed E-state index contributed by atoms with van der Waals surface area (Å²) in [5.74, 6) is 0. The molecule has 2 aromatic rings. The normalized spacial score (nSPS) is 18.2. The summed E-state index contributed by atoms with van der Waals surface area (Å²) in [7, 11) is 0. The number of anilines is 3. The van der Waals surface area contributed by atoms with Crippen molar-refractivity contribution in [1.82, 2.24) is 19.6 Å². The molecule has 1 aromatic carbocycles. The van der Waals surface area contributed by atoms with Crippen molar-refractivity contribution < 1.29 is 9.53 Å². The molecule has 0 bridgehead atoms. The third kappa shape index (κ3) is 5.96. The van der Waals surface area contributed by atoms with Gasteiger partial charge in [0.2, 0.25) is 0 Å². The quantitative estimate of drug-likeness (QED) is 0.704. The smallest absolute Gasteiger partial charge is 0.323 e. The number of para-hydroxylation sites is 2. The zero-order valence-corrected chi connectivity index (χ0v) is 18.3. The molecular weight excluding hydrogens is 394 g/mol. The van der Waals surface area contributed by atoms with Gasteiger partial charge in [0.05, 0.1) is 43.0 Å². The fraction of sp³-hybridized carbons (Fsp3) is 0.545. The molecule has 2 amide bonds. The predicted molar refractivity (Wildman–Crippen MR) is 123 cm³/mol. The average molecular weight is 428 g/mol. The van der Waals surface area contributed by atoms with E-state index < -0.39 is 0 Å². The molecule has 0 unspecified atom stereocenters. The lowest BCUT2D eigenvalue weighted by atomic mass is 10.2. The van der Waals surface area contributed by atoms with Crippen molar-refractivity contribution in [2.45, 2.75) is 13.5 Å². The molecule has 2 fully saturated rings. The van der Waals surface area contributed by atoms with E-state index >= 15 is 0 Å². The van der Waals surface area contributed by atoms with Gasteiger partial charge in [-0.15, -0.1) is 0 Å². The lowest BCUT2D eigenvalue weighted by Gasteiger charge is -2.36. The Morgan fingerprint density at radius 3 is 2.55 bits per heavy atom. The number of piperazine rings is 1. The van der Waals surface area contributed by atoms with E-state index in [9.17, 15) is 4.79 Å². The number of rotatable bonds is 7. The summed E-state index contributed by atoms with van der Waals surface area (Å²) < 4.78 is 7.25. The van der Waals surface area contributed by atoms with E-state index in [1.165, 1.54) is 0 Å². The van der Waals surface area contributed by atoms with Crippen molar-refractivity contribution in [3.05, 3.63) is 36.7 Å². The second-order valence-corrected chi connectivity index (χ2v) is 7.96. The molecule has 3 heterocycles. The number of hydrogen-bond donors (Lipinski definition) is 2. The molecule has 0 saturated carbocycles. The number of ether oxygens (including phenoxy) is 1. The molecule has 0 atom stereocenters. The summed E-state index contributed by atoms with van der Waals surface area (Å²) in [5.41, 5.74) is 2.58. The molecule has 1 aromatic heterocycles. The fourth-order valence-corrected chi connectivity index (χ4v) is 4.06. The van der Waals surface area contributed by atoms with E-state index in [-0.39, 0.29) is 6.03 Å². The van der Waals surface area contributed by atoms with Gasteiger partial charge in [0.15, 0.2) is 0 Å². The van der Waals surface area contributed by atoms with E-state index in [0.717, 1.165) is 83.5 Å². The first kappa shape index (κ1) is 21.6. The number of aromatic nitrogens is 2. The van der Waals surface area contributed by atoms with Crippen LogP contribution in [0.2, 0.25) is 0 Å². The summed E-state index contributed by atoms with van der Waals surface area (Å²) in [6.45, 7) is 12.5. The Morgan fingerprint density at radius 2 is 1.77 bits per heavy atom. The predicted octanol–water partition coefficient (Wildman–Crippen LogP) is 2.00. The minimum Gasteiger partial charge on any atom is -0.379 e. The van der Waals surface area contributed by atoms with Crippen LogP contribution in [-0.2, 0) is 11.3 Å². The summed E-state index contributed by atoms with van der Waals surface area (Å²) in [6, 6.07) is 7.73. The highest BCUT2D eigenvalue weighted by atomic mass is 16.5. The first-order valence-electron chi connectivity index (χ1n) is 11.2. The molecule has 9 heteroatoms. The minimum absolute atomic E-state index is 0.257. The van der Waals surface area contributed by atoms with Gasteiger partial charge in [0.1, 0.15) is 0 Å². The van der Waals surface area contributed by atoms with Crippen LogP contribution in [-0.4, -0.2) is 91.2 Å². The molecule has 0 radical (unpaired) electrons. The number of hydrogen-bond acceptors (Lipinski definition) is 6. The molecular formula is C22H33N7O2. The van der Waals surface area contributed by atoms with Crippen LogP contribution in [0.3, 0.4) is 0 Å². The van der Waals surface area contributed by atoms with Gasteiger partial charge in [-0.2, -0.15) is 5.10 Å². The Balaban J connectivity index is 1.30. The van der Waals surface area contributed by atoms with Crippen LogP contribution in [0.4, 0.5) is 21.9 Å². The van der Waals surface area contributed by atoms with Gasteiger partial charge in [-0.05, 0) is 18.7 Å². The SMILES string of the molecule is CCN1CCN(c2ccccc2NC(=O)Nc2cnn(CCN3CCOCC3)c2)CC1. The number of likely N-dealkylation sites (N-methyl/N-ethyl adjacent to an activating group) is 1. The van der Waals surface area contributed by atoms with Gasteiger partial charge in [-0.1, -0.05) is 19.1 Å². The van der Waals surface area contributed by atoms with Gasteiger partial charge in [-0.3, -0.25) is 9.58 Å². The van der Waals surface area contributed by atoms with Gasteiger partial charge in [-0.25, -0.2) is 4.79 Å². The van der Waals surface area contributed by atoms with Crippen LogP contribution in [0.15, 0.2) is 36.7 Å². The summed E-state index contributed by atoms with van der Waals surface area (Å²) in [5, 5.41) is 10.3. The molecule has 2 N–H and O–H groups in total. The lowest BCUT2D eigenvalue weighted by Crippen LogP contribution is -2.46. The largest absolute Gasteiger partial charge is 0.379 e. The topological polar surface area (TPSA) is 77.9 Å². The molecule has 9 nitrogen and oxygen atoms in total. The third-order valence-electron chi connectivity index (χ3n) is 5.95. The van der Waals surface area contributed by atoms with Gasteiger partial charge < -0.3 is 25.2 Å². The number of morpholine rings is 1. The van der Waals surface area contributed by atoms with Gasteiger partial charge in [0.25, 0.3) is 0 Å². The highest BCUT2D eigenvalue weighted by Gasteiger charge is 2.19. The number of urea groups is 1. The highest BCUT2D eigenvalue weighted by Crippen LogP contribution is 2.26. The van der Waals surface area contributed by atoms with Crippen LogP contribution in [0, 0.1) is 0 Å². The van der Waals surface area contributed by atoms with Crippen molar-refractivity contribution >= 4 is 23.1 Å². The Hall–Kier alpha value is -2.62. The molecule has 2 aliphatic heterocycles. The Kier molecular flexibility index (Phi) is 7.39. The number of carbonyl (C=O) groups is 1. The number of benzene rings is 1. The molecule has 168 valence electrons. The van der Waals surface area contributed by atoms with Crippen molar-refractivity contribution in [2.75, 3.05) is 81.1 Å². The van der Waals surface area contributed by atoms with Crippen molar-refractivity contribution in [2.24, 2.45) is 0 Å². The third-order valence-corrected chi connectivity index (χ3v) is 5.95. The molecule has 31 heavy (non-hydrogen) atoms. The van der Waals surface area contributed by atoms with Crippen molar-refractivity contribution in [3.8, 4) is 0 Å². The minimum atomic E-state index is -0.257. The standard InChI is InChI=1S/C22H33N7O2/c1-2-26-7-10-28(11-8-26)21-6-4-3-5-20(21)25-22(30)24-19-17-23-29(18-19)12-9-27-13-15-31-16-14-27/h3-6,17-18H,2,7-16H2,1H3,(H2,24,25,30). The van der Waals surface area contributed by atoms with Crippen LogP contribution < -0.4 is 15.5 Å². The zero-order chi connectivity index (χ0) is 21.5. The van der Waals surface area contributed by atoms with E-state index in [1.807, 2.05) is 29.1 Å². The Bertz CT molecular complexity index is 842. The number of nitrogens with zero attached hydrogens (tertiary/aromatic N) is 5. The fourth-order valence-electron chi connectivity index (χ4n) is 4.06. The number of carbonyl (C=O) groups excluding carboxylic acids is 1. The van der Waals surface area contributed by atoms with E-state index in [4.69, 9.17) is 4.74 Å². The first-order valence-corrected chi connectivity index (χ1v) is 11.2. The van der Waals surface area contributed by atoms with Crippen molar-refractivity contribution in [1.29, 1.82) is 0 Å². The molecule has 0 aliphatic carbocycles. The van der Waals surface area contributed by atoms with E-state index in [1.54, 1.807) is 6.20 Å². The van der Waals surface area contributed by atoms with Crippen LogP contribution in [0.1, 0.15) is 6.92 Å². The van der Waals surface area contributed by atoms with Crippen LogP contribution >= 0.6 is 0 Å². The maximum atomic E-state index is 12.6. The monoisotopic (exact) mass is 427 g/mol. The highest BCUT2D eigenvalue weighted by molar-refractivity contribution is 6.01. The van der Waals surface area contributed by atoms with Gasteiger partial charge in [0, 0.05) is 52.0 Å². The number of amides is 2. The summed E-state index contributed by atoms with van der Waals surface area (Å²) >= 11 is 0. The maximum Gasteiger partial charge on any atom is 0.323 e. The average Bonchev–Trinajstić information content (AvgIpc) is 3.26. The Morgan fingerprint density at radius 1 is 1.00 bits per heavy atom. The molecule has 0 spiro atoms. The second kappa shape index (κ2) is 10.6. The van der Waals surface area contributed by atoms with Gasteiger partial charge >= 0.3 is 6.03 Å². The number of nitrogens with one attached hydrogen (secondary N) is 2. The summed E-state index contributed by atoms with van der Waals surface area (Å²) in [4.78, 5) is 19.8. The van der Waals surface area contributed by atoms with E-state index in [0.29, 0.717) is 5.69 Å². The second-order valence-electron chi connectivity index (χ2n) is 7.96. The maximum absolute atomic E-state index is 12.6. The molecule has 4 rings (SSSR count). The van der Waals surface area contributed by atoms with Crippen LogP contribution in [0.5, 0.6) is 0 Å². The summed E-state index contributed by atoms with van der Waals surface area (Å²) in [6.07, 6.45) is 3.56. The lowest BCUT2D eigenvalue weighted by molar-refractivity contribution is 0.0360. The molecule has 2 saturated heterocycles. The van der Waals surface area contributed by atoms with Crippen LogP contribution in [0.25, 0.3) is 0 Å². The van der Waals surface area contributed by atoms with Crippen molar-refractivity contribution in [3.63, 3.8) is 0 Å². The Labute approximate surface area is 183 Å². The zero-order valence-electron chi connectivity index (χ0n) is 18.3. The molecule has 2 aliphatic rings. The first-order chi connectivity index (χ1) is 15.2.